The molecular formula is C10H18N5O3. The van der Waals surface area contributed by atoms with Gasteiger partial charge >= 0.3 is 12.1 Å². The van der Waals surface area contributed by atoms with Crippen molar-refractivity contribution in [1.29, 1.82) is 0 Å². The van der Waals surface area contributed by atoms with E-state index in [4.69, 9.17) is 4.74 Å². The highest BCUT2D eigenvalue weighted by Crippen LogP contribution is 1.97. The summed E-state index contributed by atoms with van der Waals surface area (Å²) in [7, 11) is 0. The van der Waals surface area contributed by atoms with E-state index in [1.807, 2.05) is 0 Å². The van der Waals surface area contributed by atoms with E-state index in [0.29, 0.717) is 39.4 Å². The number of piperazine rings is 1. The van der Waals surface area contributed by atoms with Crippen molar-refractivity contribution in [3.05, 3.63) is 0 Å². The fourth-order valence-corrected chi connectivity index (χ4v) is 1.86. The van der Waals surface area contributed by atoms with Crippen LogP contribution in [-0.4, -0.2) is 74.3 Å². The third-order valence-electron chi connectivity index (χ3n) is 2.93. The number of nitrogens with one attached hydrogen (secondary N) is 2. The van der Waals surface area contributed by atoms with Crippen LogP contribution < -0.4 is 16.2 Å². The number of nitrogens with zero attached hydrogens (tertiary/aromatic N) is 3. The topological polar surface area (TPSA) is 88.0 Å². The smallest absolute Gasteiger partial charge is 0.360 e. The highest BCUT2D eigenvalue weighted by molar-refractivity contribution is 5.80. The molecule has 2 fully saturated rings. The van der Waals surface area contributed by atoms with E-state index in [9.17, 15) is 9.59 Å². The minimum atomic E-state index is -0.391. The summed E-state index contributed by atoms with van der Waals surface area (Å²) in [6.45, 7) is 4.88. The summed E-state index contributed by atoms with van der Waals surface area (Å²) in [6, 6.07) is -0.736. The second-order valence-corrected chi connectivity index (χ2v) is 4.15. The third kappa shape index (κ3) is 3.47. The predicted molar refractivity (Wildman–Crippen MR) is 62.9 cm³/mol. The number of hydrogen-bond acceptors (Lipinski definition) is 4. The first-order valence-corrected chi connectivity index (χ1v) is 6.10. The van der Waals surface area contributed by atoms with E-state index >= 15 is 0 Å². The lowest BCUT2D eigenvalue weighted by Gasteiger charge is -2.28. The van der Waals surface area contributed by atoms with Crippen LogP contribution in [0.25, 0.3) is 0 Å². The minimum Gasteiger partial charge on any atom is -0.378 e. The van der Waals surface area contributed by atoms with Gasteiger partial charge in [-0.05, 0) is 0 Å². The summed E-state index contributed by atoms with van der Waals surface area (Å²) in [5.74, 6) is 0. The molecular weight excluding hydrogens is 238 g/mol. The summed E-state index contributed by atoms with van der Waals surface area (Å²) in [6.07, 6.45) is 0. The van der Waals surface area contributed by atoms with Gasteiger partial charge in [0.2, 0.25) is 0 Å². The molecule has 0 bridgehead atoms. The fourth-order valence-electron chi connectivity index (χ4n) is 1.86. The molecule has 8 nitrogen and oxygen atoms in total. The molecule has 0 aromatic heterocycles. The van der Waals surface area contributed by atoms with Gasteiger partial charge in [-0.15, -0.1) is 5.43 Å². The highest BCUT2D eigenvalue weighted by atomic mass is 16.5. The van der Waals surface area contributed by atoms with Crippen molar-refractivity contribution >= 4 is 12.1 Å². The van der Waals surface area contributed by atoms with Crippen LogP contribution in [0.1, 0.15) is 0 Å². The molecule has 2 rings (SSSR count). The van der Waals surface area contributed by atoms with Gasteiger partial charge in [0.05, 0.1) is 13.2 Å². The molecule has 101 valence electrons. The van der Waals surface area contributed by atoms with Crippen LogP contribution in [0.2, 0.25) is 0 Å². The van der Waals surface area contributed by atoms with Crippen molar-refractivity contribution < 1.29 is 14.3 Å². The molecule has 2 saturated heterocycles. The molecule has 0 aliphatic carbocycles. The molecule has 0 aromatic carbocycles. The Hall–Kier alpha value is -1.54. The summed E-state index contributed by atoms with van der Waals surface area (Å²) in [5.41, 5.74) is 5.89. The lowest BCUT2D eigenvalue weighted by atomic mass is 10.4. The molecule has 0 saturated carbocycles. The quantitative estimate of drug-likeness (QED) is 0.520. The molecule has 0 atom stereocenters. The average Bonchev–Trinajstić information content (AvgIpc) is 2.46. The summed E-state index contributed by atoms with van der Waals surface area (Å²) in [5, 5.41) is 3.14. The molecule has 2 aliphatic heterocycles. The first kappa shape index (κ1) is 12.9. The number of amides is 4. The van der Waals surface area contributed by atoms with E-state index in [0.717, 1.165) is 13.1 Å². The van der Waals surface area contributed by atoms with Crippen LogP contribution in [0.15, 0.2) is 0 Å². The Labute approximate surface area is 106 Å². The molecule has 8 heteroatoms. The lowest BCUT2D eigenvalue weighted by Crippen LogP contribution is -2.54. The van der Waals surface area contributed by atoms with Gasteiger partial charge in [-0.1, -0.05) is 0 Å². The number of carbonyl (C=O) groups excluding carboxylic acids is 2. The Morgan fingerprint density at radius 3 is 2.39 bits per heavy atom. The molecule has 0 spiro atoms. The maximum absolute atomic E-state index is 11.7. The van der Waals surface area contributed by atoms with Gasteiger partial charge in [-0.25, -0.2) is 15.0 Å². The van der Waals surface area contributed by atoms with Gasteiger partial charge < -0.3 is 19.9 Å². The fraction of sp³-hybridized carbons (Fsp3) is 0.800. The third-order valence-corrected chi connectivity index (χ3v) is 2.93. The van der Waals surface area contributed by atoms with Crippen LogP contribution in [0.5, 0.6) is 0 Å². The highest BCUT2D eigenvalue weighted by Gasteiger charge is 2.21. The summed E-state index contributed by atoms with van der Waals surface area (Å²) >= 11 is 0. The van der Waals surface area contributed by atoms with Gasteiger partial charge in [0.25, 0.3) is 0 Å². The molecule has 2 N–H and O–H groups in total. The predicted octanol–water partition coefficient (Wildman–Crippen LogP) is -1.43. The van der Waals surface area contributed by atoms with Crippen LogP contribution in [0, 0.1) is 0 Å². The number of rotatable bonds is 0. The summed E-state index contributed by atoms with van der Waals surface area (Å²) < 4.78 is 5.14. The first-order valence-electron chi connectivity index (χ1n) is 6.10. The molecule has 0 unspecified atom stereocenters. The number of urea groups is 2. The van der Waals surface area contributed by atoms with E-state index in [-0.39, 0.29) is 6.03 Å². The number of ether oxygens (including phenoxy) is 1. The minimum absolute atomic E-state index is 0.346. The standard InChI is InChI=1S/C10H18N5O3/c16-9(14-3-1-11-2-4-14)12-13-10(17)15-5-7-18-8-6-15/h11H,1-8H2,(H,13,17). The molecule has 2 heterocycles. The van der Waals surface area contributed by atoms with Crippen molar-refractivity contribution in [3.63, 3.8) is 0 Å². The Morgan fingerprint density at radius 1 is 1.06 bits per heavy atom. The van der Waals surface area contributed by atoms with Crippen molar-refractivity contribution in [1.82, 2.24) is 26.0 Å². The molecule has 0 aromatic rings. The average molecular weight is 256 g/mol. The Kier molecular flexibility index (Phi) is 4.59. The summed E-state index contributed by atoms with van der Waals surface area (Å²) in [4.78, 5) is 26.5. The normalized spacial score (nSPS) is 20.4. The largest absolute Gasteiger partial charge is 0.378 e. The second-order valence-electron chi connectivity index (χ2n) is 4.15. The SMILES string of the molecule is O=C([N]NC(=O)N1CCOCC1)N1CCNCC1. The Morgan fingerprint density at radius 2 is 1.72 bits per heavy atom. The van der Waals surface area contributed by atoms with Gasteiger partial charge in [0.1, 0.15) is 0 Å². The van der Waals surface area contributed by atoms with E-state index < -0.39 is 6.03 Å². The number of hydrogen-bond donors (Lipinski definition) is 2. The number of morpholine rings is 1. The van der Waals surface area contributed by atoms with Crippen molar-refractivity contribution in [2.24, 2.45) is 0 Å². The van der Waals surface area contributed by atoms with Crippen molar-refractivity contribution in [3.8, 4) is 0 Å². The first-order chi connectivity index (χ1) is 8.77. The van der Waals surface area contributed by atoms with Gasteiger partial charge in [-0.3, -0.25) is 0 Å². The Balaban J connectivity index is 1.69. The zero-order valence-corrected chi connectivity index (χ0v) is 10.2. The van der Waals surface area contributed by atoms with Crippen LogP contribution in [-0.2, 0) is 4.74 Å². The van der Waals surface area contributed by atoms with E-state index in [2.05, 4.69) is 16.2 Å². The molecule has 18 heavy (non-hydrogen) atoms. The zero-order chi connectivity index (χ0) is 12.8. The van der Waals surface area contributed by atoms with Gasteiger partial charge in [-0.2, -0.15) is 0 Å². The van der Waals surface area contributed by atoms with E-state index in [1.54, 1.807) is 9.80 Å². The van der Waals surface area contributed by atoms with E-state index in [1.165, 1.54) is 0 Å². The molecule has 2 aliphatic rings. The van der Waals surface area contributed by atoms with Crippen LogP contribution >= 0.6 is 0 Å². The van der Waals surface area contributed by atoms with Crippen molar-refractivity contribution in [2.75, 3.05) is 52.5 Å². The maximum atomic E-state index is 11.7. The zero-order valence-electron chi connectivity index (χ0n) is 10.2. The van der Waals surface area contributed by atoms with Crippen LogP contribution in [0.4, 0.5) is 9.59 Å². The maximum Gasteiger partial charge on any atom is 0.360 e. The van der Waals surface area contributed by atoms with Crippen LogP contribution in [0.3, 0.4) is 0 Å². The molecule has 4 amide bonds. The van der Waals surface area contributed by atoms with Crippen molar-refractivity contribution in [2.45, 2.75) is 0 Å². The van der Waals surface area contributed by atoms with Gasteiger partial charge in [0.15, 0.2) is 0 Å². The lowest BCUT2D eigenvalue weighted by molar-refractivity contribution is 0.0523. The number of carbonyl (C=O) groups is 2. The van der Waals surface area contributed by atoms with Gasteiger partial charge in [0, 0.05) is 39.3 Å². The second kappa shape index (κ2) is 6.41. The Bertz CT molecular complexity index is 270. The molecule has 1 radical (unpaired) electrons. The monoisotopic (exact) mass is 256 g/mol.